The standard InChI is InChI=1S/C23H23N5O/c1-16-13-24-15-21(27-16)23(29)25-11-3-4-17-5-7-18(8-6-17)19-9-10-22-20(12-19)14-26-28(22)2/h5-10,12-15H,3-4,11H2,1-2H3,(H,25,29). The molecule has 0 aliphatic rings. The first kappa shape index (κ1) is 18.8. The van der Waals surface area contributed by atoms with Gasteiger partial charge >= 0.3 is 0 Å². The fourth-order valence-corrected chi connectivity index (χ4v) is 3.36. The number of amides is 1. The highest BCUT2D eigenvalue weighted by molar-refractivity contribution is 5.91. The number of aromatic nitrogens is 4. The molecular weight excluding hydrogens is 362 g/mol. The smallest absolute Gasteiger partial charge is 0.271 e. The summed E-state index contributed by atoms with van der Waals surface area (Å²) in [5.41, 5.74) is 5.85. The maximum absolute atomic E-state index is 12.1. The van der Waals surface area contributed by atoms with Crippen LogP contribution in [-0.4, -0.2) is 32.2 Å². The number of hydrogen-bond acceptors (Lipinski definition) is 4. The van der Waals surface area contributed by atoms with E-state index < -0.39 is 0 Å². The molecule has 4 rings (SSSR count). The van der Waals surface area contributed by atoms with Crippen LogP contribution in [0.25, 0.3) is 22.0 Å². The fourth-order valence-electron chi connectivity index (χ4n) is 3.36. The Morgan fingerprint density at radius 3 is 2.62 bits per heavy atom. The number of benzene rings is 2. The van der Waals surface area contributed by atoms with Crippen molar-refractivity contribution in [3.05, 3.63) is 78.0 Å². The van der Waals surface area contributed by atoms with E-state index in [9.17, 15) is 4.79 Å². The second-order valence-corrected chi connectivity index (χ2v) is 7.14. The third-order valence-electron chi connectivity index (χ3n) is 4.95. The zero-order valence-corrected chi connectivity index (χ0v) is 16.6. The van der Waals surface area contributed by atoms with E-state index in [1.807, 2.05) is 24.9 Å². The largest absolute Gasteiger partial charge is 0.351 e. The number of carbonyl (C=O) groups is 1. The van der Waals surface area contributed by atoms with Crippen LogP contribution in [0.15, 0.2) is 61.1 Å². The van der Waals surface area contributed by atoms with E-state index in [4.69, 9.17) is 0 Å². The lowest BCUT2D eigenvalue weighted by Crippen LogP contribution is -2.26. The normalized spacial score (nSPS) is 11.0. The summed E-state index contributed by atoms with van der Waals surface area (Å²) in [5, 5.41) is 8.35. The monoisotopic (exact) mass is 385 g/mol. The van der Waals surface area contributed by atoms with Crippen LogP contribution in [-0.2, 0) is 13.5 Å². The zero-order chi connectivity index (χ0) is 20.2. The van der Waals surface area contributed by atoms with Crippen molar-refractivity contribution >= 4 is 16.8 Å². The van der Waals surface area contributed by atoms with E-state index in [2.05, 4.69) is 62.8 Å². The Bertz CT molecular complexity index is 1150. The number of nitrogens with one attached hydrogen (secondary N) is 1. The highest BCUT2D eigenvalue weighted by Gasteiger charge is 2.07. The Hall–Kier alpha value is -3.54. The Balaban J connectivity index is 1.31. The Morgan fingerprint density at radius 2 is 1.83 bits per heavy atom. The average molecular weight is 385 g/mol. The maximum atomic E-state index is 12.1. The van der Waals surface area contributed by atoms with Gasteiger partial charge in [-0.05, 0) is 48.6 Å². The maximum Gasteiger partial charge on any atom is 0.271 e. The first-order valence-electron chi connectivity index (χ1n) is 9.68. The number of carbonyl (C=O) groups excluding carboxylic acids is 1. The summed E-state index contributed by atoms with van der Waals surface area (Å²) in [6, 6.07) is 15.0. The van der Waals surface area contributed by atoms with Crippen molar-refractivity contribution < 1.29 is 4.79 Å². The summed E-state index contributed by atoms with van der Waals surface area (Å²) in [5.74, 6) is -0.178. The fraction of sp³-hybridized carbons (Fsp3) is 0.217. The summed E-state index contributed by atoms with van der Waals surface area (Å²) in [4.78, 5) is 20.3. The molecule has 2 heterocycles. The minimum Gasteiger partial charge on any atom is -0.351 e. The number of fused-ring (bicyclic) bond motifs is 1. The molecule has 1 N–H and O–H groups in total. The number of rotatable bonds is 6. The van der Waals surface area contributed by atoms with Crippen LogP contribution in [0.3, 0.4) is 0 Å². The van der Waals surface area contributed by atoms with Crippen LogP contribution in [0.5, 0.6) is 0 Å². The quantitative estimate of drug-likeness (QED) is 0.514. The molecular formula is C23H23N5O. The van der Waals surface area contributed by atoms with Gasteiger partial charge in [-0.25, -0.2) is 4.98 Å². The first-order valence-corrected chi connectivity index (χ1v) is 9.68. The molecule has 0 fully saturated rings. The molecule has 1 amide bonds. The van der Waals surface area contributed by atoms with E-state index in [0.29, 0.717) is 12.2 Å². The second kappa shape index (κ2) is 8.22. The predicted octanol–water partition coefficient (Wildman–Crippen LogP) is 3.70. The van der Waals surface area contributed by atoms with Gasteiger partial charge in [-0.2, -0.15) is 5.10 Å². The van der Waals surface area contributed by atoms with Gasteiger partial charge in [-0.1, -0.05) is 30.3 Å². The lowest BCUT2D eigenvalue weighted by atomic mass is 10.0. The third-order valence-corrected chi connectivity index (χ3v) is 4.95. The van der Waals surface area contributed by atoms with Gasteiger partial charge < -0.3 is 5.32 Å². The predicted molar refractivity (Wildman–Crippen MR) is 114 cm³/mol. The second-order valence-electron chi connectivity index (χ2n) is 7.14. The third kappa shape index (κ3) is 4.32. The molecule has 0 spiro atoms. The molecule has 0 saturated heterocycles. The van der Waals surface area contributed by atoms with E-state index in [-0.39, 0.29) is 5.91 Å². The van der Waals surface area contributed by atoms with Crippen LogP contribution in [0.1, 0.15) is 28.2 Å². The summed E-state index contributed by atoms with van der Waals surface area (Å²) < 4.78 is 1.88. The minimum atomic E-state index is -0.178. The summed E-state index contributed by atoms with van der Waals surface area (Å²) in [7, 11) is 1.95. The van der Waals surface area contributed by atoms with Crippen LogP contribution >= 0.6 is 0 Å². The van der Waals surface area contributed by atoms with Crippen LogP contribution < -0.4 is 5.32 Å². The van der Waals surface area contributed by atoms with Gasteiger partial charge in [0.1, 0.15) is 5.69 Å². The van der Waals surface area contributed by atoms with Gasteiger partial charge in [-0.15, -0.1) is 0 Å². The lowest BCUT2D eigenvalue weighted by Gasteiger charge is -2.07. The number of aryl methyl sites for hydroxylation is 3. The van der Waals surface area contributed by atoms with E-state index in [1.54, 1.807) is 6.20 Å². The number of hydrogen-bond donors (Lipinski definition) is 1. The summed E-state index contributed by atoms with van der Waals surface area (Å²) in [6.07, 6.45) is 6.79. The Labute approximate surface area is 169 Å². The van der Waals surface area contributed by atoms with E-state index >= 15 is 0 Å². The summed E-state index contributed by atoms with van der Waals surface area (Å²) >= 11 is 0. The molecule has 2 aromatic heterocycles. The molecule has 0 radical (unpaired) electrons. The van der Waals surface area contributed by atoms with Crippen molar-refractivity contribution in [3.63, 3.8) is 0 Å². The minimum absolute atomic E-state index is 0.178. The van der Waals surface area contributed by atoms with Gasteiger partial charge in [-0.3, -0.25) is 14.5 Å². The highest BCUT2D eigenvalue weighted by Crippen LogP contribution is 2.24. The van der Waals surface area contributed by atoms with Crippen molar-refractivity contribution in [3.8, 4) is 11.1 Å². The molecule has 0 saturated carbocycles. The molecule has 29 heavy (non-hydrogen) atoms. The molecule has 0 unspecified atom stereocenters. The zero-order valence-electron chi connectivity index (χ0n) is 16.6. The molecule has 6 nitrogen and oxygen atoms in total. The van der Waals surface area contributed by atoms with Gasteiger partial charge in [0, 0.05) is 25.2 Å². The molecule has 2 aromatic carbocycles. The van der Waals surface area contributed by atoms with Crippen molar-refractivity contribution in [2.45, 2.75) is 19.8 Å². The lowest BCUT2D eigenvalue weighted by molar-refractivity contribution is 0.0947. The summed E-state index contributed by atoms with van der Waals surface area (Å²) in [6.45, 7) is 2.43. The topological polar surface area (TPSA) is 72.7 Å². The van der Waals surface area contributed by atoms with E-state index in [1.165, 1.54) is 22.9 Å². The molecule has 0 aliphatic heterocycles. The van der Waals surface area contributed by atoms with Gasteiger partial charge in [0.2, 0.25) is 0 Å². The van der Waals surface area contributed by atoms with Gasteiger partial charge in [0.05, 0.1) is 23.6 Å². The van der Waals surface area contributed by atoms with Crippen molar-refractivity contribution in [2.24, 2.45) is 7.05 Å². The SMILES string of the molecule is Cc1cncc(C(=O)NCCCc2ccc(-c3ccc4c(cnn4C)c3)cc2)n1. The van der Waals surface area contributed by atoms with Gasteiger partial charge in [0.25, 0.3) is 5.91 Å². The average Bonchev–Trinajstić information content (AvgIpc) is 3.11. The number of nitrogens with zero attached hydrogens (tertiary/aromatic N) is 4. The van der Waals surface area contributed by atoms with Crippen LogP contribution in [0.2, 0.25) is 0 Å². The first-order chi connectivity index (χ1) is 14.1. The van der Waals surface area contributed by atoms with Crippen LogP contribution in [0, 0.1) is 6.92 Å². The Morgan fingerprint density at radius 1 is 1.03 bits per heavy atom. The molecule has 0 bridgehead atoms. The van der Waals surface area contributed by atoms with E-state index in [0.717, 1.165) is 29.4 Å². The van der Waals surface area contributed by atoms with Crippen LogP contribution in [0.4, 0.5) is 0 Å². The Kier molecular flexibility index (Phi) is 5.33. The van der Waals surface area contributed by atoms with Crippen molar-refractivity contribution in [1.29, 1.82) is 0 Å². The van der Waals surface area contributed by atoms with Crippen molar-refractivity contribution in [2.75, 3.05) is 6.54 Å². The highest BCUT2D eigenvalue weighted by atomic mass is 16.1. The molecule has 0 atom stereocenters. The molecule has 4 aromatic rings. The van der Waals surface area contributed by atoms with Crippen molar-refractivity contribution in [1.82, 2.24) is 25.1 Å². The molecule has 146 valence electrons. The molecule has 0 aliphatic carbocycles. The molecule has 6 heteroatoms. The van der Waals surface area contributed by atoms with Gasteiger partial charge in [0.15, 0.2) is 0 Å².